The van der Waals surface area contributed by atoms with E-state index in [0.717, 1.165) is 23.5 Å². The summed E-state index contributed by atoms with van der Waals surface area (Å²) in [5.74, 6) is -1.12. The van der Waals surface area contributed by atoms with Crippen LogP contribution in [0.2, 0.25) is 0 Å². The molecule has 1 fully saturated rings. The van der Waals surface area contributed by atoms with Gasteiger partial charge in [-0.1, -0.05) is 19.8 Å². The molecule has 1 aliphatic carbocycles. The normalized spacial score (nSPS) is 16.0. The van der Waals surface area contributed by atoms with Gasteiger partial charge in [0.15, 0.2) is 0 Å². The summed E-state index contributed by atoms with van der Waals surface area (Å²) in [6.45, 7) is 7.34. The molecule has 2 rings (SSSR count). The molecule has 1 amide bonds. The smallest absolute Gasteiger partial charge is 0.308 e. The Balaban J connectivity index is 2.11. The minimum absolute atomic E-state index is 0.103. The van der Waals surface area contributed by atoms with Gasteiger partial charge >= 0.3 is 5.97 Å². The van der Waals surface area contributed by atoms with Gasteiger partial charge in [0.25, 0.3) is 5.91 Å². The molecule has 1 heterocycles. The zero-order valence-electron chi connectivity index (χ0n) is 16.0. The van der Waals surface area contributed by atoms with Gasteiger partial charge in [0, 0.05) is 32.2 Å². The minimum atomic E-state index is -0.889. The maximum atomic E-state index is 13.1. The van der Waals surface area contributed by atoms with Gasteiger partial charge in [-0.15, -0.1) is 11.3 Å². The monoisotopic (exact) mass is 382 g/mol. The van der Waals surface area contributed by atoms with Crippen LogP contribution in [-0.4, -0.2) is 53.2 Å². The van der Waals surface area contributed by atoms with E-state index in [1.54, 1.807) is 11.8 Å². The molecule has 1 unspecified atom stereocenters. The Morgan fingerprint density at radius 2 is 2.08 bits per heavy atom. The molecule has 26 heavy (non-hydrogen) atoms. The van der Waals surface area contributed by atoms with Crippen molar-refractivity contribution in [3.8, 4) is 0 Å². The van der Waals surface area contributed by atoms with Gasteiger partial charge in [-0.3, -0.25) is 9.59 Å². The molecule has 0 saturated heterocycles. The third kappa shape index (κ3) is 5.51. The van der Waals surface area contributed by atoms with E-state index >= 15 is 0 Å². The highest BCUT2D eigenvalue weighted by molar-refractivity contribution is 7.13. The van der Waals surface area contributed by atoms with E-state index in [1.807, 2.05) is 13.8 Å². The van der Waals surface area contributed by atoms with Crippen LogP contribution in [0.4, 0.5) is 0 Å². The molecular formula is C19H30N2O4S. The van der Waals surface area contributed by atoms with E-state index in [-0.39, 0.29) is 12.5 Å². The number of aliphatic carboxylic acids is 1. The number of hydrogen-bond donors (Lipinski definition) is 1. The Labute approximate surface area is 159 Å². The number of rotatable bonds is 10. The van der Waals surface area contributed by atoms with Crippen LogP contribution in [0.15, 0.2) is 0 Å². The van der Waals surface area contributed by atoms with E-state index < -0.39 is 11.9 Å². The third-order valence-electron chi connectivity index (χ3n) is 4.84. The summed E-state index contributed by atoms with van der Waals surface area (Å²) < 4.78 is 5.35. The van der Waals surface area contributed by atoms with Crippen molar-refractivity contribution in [2.24, 2.45) is 5.92 Å². The SMILES string of the molecule is CCOCCCN(CC(C)C(=O)O)C(=O)c1sc(C2CCCC2)nc1C. The molecule has 1 saturated carbocycles. The number of carboxylic acid groups (broad SMARTS) is 1. The van der Waals surface area contributed by atoms with Crippen molar-refractivity contribution in [3.63, 3.8) is 0 Å². The summed E-state index contributed by atoms with van der Waals surface area (Å²) in [6.07, 6.45) is 5.45. The number of ether oxygens (including phenoxy) is 1. The molecule has 1 atom stereocenters. The highest BCUT2D eigenvalue weighted by Gasteiger charge is 2.27. The largest absolute Gasteiger partial charge is 0.481 e. The average molecular weight is 383 g/mol. The van der Waals surface area contributed by atoms with Crippen molar-refractivity contribution in [3.05, 3.63) is 15.6 Å². The Kier molecular flexibility index (Phi) is 8.03. The molecule has 1 aromatic rings. The lowest BCUT2D eigenvalue weighted by molar-refractivity contribution is -0.141. The van der Waals surface area contributed by atoms with Crippen LogP contribution in [0.25, 0.3) is 0 Å². The third-order valence-corrected chi connectivity index (χ3v) is 6.14. The molecule has 0 bridgehead atoms. The van der Waals surface area contributed by atoms with Crippen LogP contribution in [-0.2, 0) is 9.53 Å². The van der Waals surface area contributed by atoms with E-state index in [0.29, 0.717) is 37.0 Å². The van der Waals surface area contributed by atoms with Crippen molar-refractivity contribution in [2.45, 2.75) is 58.8 Å². The van der Waals surface area contributed by atoms with Crippen LogP contribution >= 0.6 is 11.3 Å². The number of carbonyl (C=O) groups excluding carboxylic acids is 1. The molecule has 7 heteroatoms. The topological polar surface area (TPSA) is 79.7 Å². The molecule has 6 nitrogen and oxygen atoms in total. The first-order valence-electron chi connectivity index (χ1n) is 9.51. The van der Waals surface area contributed by atoms with Gasteiger partial charge < -0.3 is 14.7 Å². The average Bonchev–Trinajstić information content (AvgIpc) is 3.26. The Morgan fingerprint density at radius 3 is 2.69 bits per heavy atom. The van der Waals surface area contributed by atoms with Crippen LogP contribution in [0.3, 0.4) is 0 Å². The molecule has 1 aromatic heterocycles. The van der Waals surface area contributed by atoms with Gasteiger partial charge in [0.1, 0.15) is 4.88 Å². The maximum Gasteiger partial charge on any atom is 0.308 e. The zero-order chi connectivity index (χ0) is 19.1. The van der Waals surface area contributed by atoms with Crippen molar-refractivity contribution < 1.29 is 19.4 Å². The lowest BCUT2D eigenvalue weighted by atomic mass is 10.1. The van der Waals surface area contributed by atoms with Crippen molar-refractivity contribution >= 4 is 23.2 Å². The molecule has 1 N–H and O–H groups in total. The van der Waals surface area contributed by atoms with Crippen LogP contribution in [0.1, 0.15) is 72.2 Å². The second kappa shape index (κ2) is 10.0. The number of hydrogen-bond acceptors (Lipinski definition) is 5. The summed E-state index contributed by atoms with van der Waals surface area (Å²) in [5, 5.41) is 10.3. The van der Waals surface area contributed by atoms with Gasteiger partial charge in [-0.05, 0) is 33.1 Å². The number of nitrogens with zero attached hydrogens (tertiary/aromatic N) is 2. The summed E-state index contributed by atoms with van der Waals surface area (Å²) in [6, 6.07) is 0. The fourth-order valence-corrected chi connectivity index (χ4v) is 4.50. The lowest BCUT2D eigenvalue weighted by Gasteiger charge is -2.24. The predicted molar refractivity (Wildman–Crippen MR) is 102 cm³/mol. The van der Waals surface area contributed by atoms with Gasteiger partial charge in [-0.25, -0.2) is 4.98 Å². The molecule has 0 spiro atoms. The zero-order valence-corrected chi connectivity index (χ0v) is 16.8. The van der Waals surface area contributed by atoms with Crippen molar-refractivity contribution in [2.75, 3.05) is 26.3 Å². The van der Waals surface area contributed by atoms with E-state index in [4.69, 9.17) is 4.74 Å². The second-order valence-corrected chi connectivity index (χ2v) is 8.02. The molecule has 0 aromatic carbocycles. The number of thiazole rings is 1. The van der Waals surface area contributed by atoms with E-state index in [2.05, 4.69) is 4.98 Å². The number of carbonyl (C=O) groups is 2. The van der Waals surface area contributed by atoms with Crippen LogP contribution in [0.5, 0.6) is 0 Å². The van der Waals surface area contributed by atoms with Gasteiger partial charge in [-0.2, -0.15) is 0 Å². The summed E-state index contributed by atoms with van der Waals surface area (Å²) in [5.41, 5.74) is 0.764. The first kappa shape index (κ1) is 20.8. The predicted octanol–water partition coefficient (Wildman–Crippen LogP) is 3.70. The number of aryl methyl sites for hydroxylation is 1. The van der Waals surface area contributed by atoms with E-state index in [9.17, 15) is 14.7 Å². The Bertz CT molecular complexity index is 611. The lowest BCUT2D eigenvalue weighted by Crippen LogP contribution is -2.38. The second-order valence-electron chi connectivity index (χ2n) is 6.99. The number of amides is 1. The van der Waals surface area contributed by atoms with Crippen LogP contribution in [0, 0.1) is 12.8 Å². The Morgan fingerprint density at radius 1 is 1.38 bits per heavy atom. The molecule has 146 valence electrons. The standard InChI is InChI=1S/C19H30N2O4S/c1-4-25-11-7-10-21(12-13(2)19(23)24)18(22)16-14(3)20-17(26-16)15-8-5-6-9-15/h13,15H,4-12H2,1-3H3,(H,23,24). The number of aromatic nitrogens is 1. The quantitative estimate of drug-likeness (QED) is 0.624. The summed E-state index contributed by atoms with van der Waals surface area (Å²) in [7, 11) is 0. The van der Waals surface area contributed by atoms with Gasteiger partial charge in [0.2, 0.25) is 0 Å². The first-order chi connectivity index (χ1) is 12.4. The fraction of sp³-hybridized carbons (Fsp3) is 0.737. The molecule has 1 aliphatic rings. The first-order valence-corrected chi connectivity index (χ1v) is 10.3. The highest BCUT2D eigenvalue weighted by Crippen LogP contribution is 2.37. The number of carboxylic acids is 1. The Hall–Kier alpha value is -1.47. The maximum absolute atomic E-state index is 13.1. The summed E-state index contributed by atoms with van der Waals surface area (Å²) in [4.78, 5) is 31.3. The van der Waals surface area contributed by atoms with Gasteiger partial charge in [0.05, 0.1) is 16.6 Å². The fourth-order valence-electron chi connectivity index (χ4n) is 3.29. The molecule has 0 aliphatic heterocycles. The highest BCUT2D eigenvalue weighted by atomic mass is 32.1. The molecular weight excluding hydrogens is 352 g/mol. The van der Waals surface area contributed by atoms with Crippen LogP contribution < -0.4 is 0 Å². The van der Waals surface area contributed by atoms with Crippen molar-refractivity contribution in [1.29, 1.82) is 0 Å². The minimum Gasteiger partial charge on any atom is -0.481 e. The molecule has 0 radical (unpaired) electrons. The summed E-state index contributed by atoms with van der Waals surface area (Å²) >= 11 is 1.49. The van der Waals surface area contributed by atoms with Crippen molar-refractivity contribution in [1.82, 2.24) is 9.88 Å². The van der Waals surface area contributed by atoms with E-state index in [1.165, 1.54) is 24.2 Å².